The van der Waals surface area contributed by atoms with E-state index < -0.39 is 0 Å². The number of aryl methyl sites for hydroxylation is 1. The van der Waals surface area contributed by atoms with Crippen molar-refractivity contribution in [2.45, 2.75) is 13.3 Å². The lowest BCUT2D eigenvalue weighted by Crippen LogP contribution is -2.11. The Balaban J connectivity index is 2.14. The van der Waals surface area contributed by atoms with Gasteiger partial charge in [-0.1, -0.05) is 6.92 Å². The van der Waals surface area contributed by atoms with Gasteiger partial charge in [0.15, 0.2) is 5.82 Å². The molecule has 0 aliphatic carbocycles. The Kier molecular flexibility index (Phi) is 3.66. The molecule has 0 fully saturated rings. The standard InChI is InChI=1S/C12H12BrN3O2/c1-2-8-6-11(16-15-8)14-12(18)7-3-4-9(13)10(17)5-7/h3-6,17H,2H2,1H3,(H2,14,15,16,18). The summed E-state index contributed by atoms with van der Waals surface area (Å²) in [7, 11) is 0. The molecule has 1 aromatic heterocycles. The summed E-state index contributed by atoms with van der Waals surface area (Å²) in [6.45, 7) is 1.99. The first-order chi connectivity index (χ1) is 8.60. The van der Waals surface area contributed by atoms with E-state index in [2.05, 4.69) is 31.4 Å². The van der Waals surface area contributed by atoms with Crippen molar-refractivity contribution in [3.63, 3.8) is 0 Å². The van der Waals surface area contributed by atoms with Crippen LogP contribution in [0.4, 0.5) is 5.82 Å². The molecule has 0 aliphatic rings. The predicted molar refractivity (Wildman–Crippen MR) is 71.7 cm³/mol. The van der Waals surface area contributed by atoms with Gasteiger partial charge in [0.2, 0.25) is 0 Å². The van der Waals surface area contributed by atoms with Crippen LogP contribution in [0.2, 0.25) is 0 Å². The van der Waals surface area contributed by atoms with Gasteiger partial charge in [-0.25, -0.2) is 0 Å². The predicted octanol–water partition coefficient (Wildman–Crippen LogP) is 2.69. The molecule has 0 radical (unpaired) electrons. The molecule has 0 bridgehead atoms. The quantitative estimate of drug-likeness (QED) is 0.815. The number of nitrogens with zero attached hydrogens (tertiary/aromatic N) is 1. The van der Waals surface area contributed by atoms with Crippen molar-refractivity contribution < 1.29 is 9.90 Å². The fourth-order valence-corrected chi connectivity index (χ4v) is 1.70. The molecule has 0 aliphatic heterocycles. The van der Waals surface area contributed by atoms with E-state index in [1.54, 1.807) is 18.2 Å². The number of rotatable bonds is 3. The molecule has 0 spiro atoms. The van der Waals surface area contributed by atoms with Crippen molar-refractivity contribution in [3.05, 3.63) is 40.0 Å². The average Bonchev–Trinajstić information content (AvgIpc) is 2.80. The van der Waals surface area contributed by atoms with Gasteiger partial charge in [0.25, 0.3) is 5.91 Å². The highest BCUT2D eigenvalue weighted by atomic mass is 79.9. The second kappa shape index (κ2) is 5.22. The Hall–Kier alpha value is -1.82. The van der Waals surface area contributed by atoms with Gasteiger partial charge in [0, 0.05) is 17.3 Å². The maximum atomic E-state index is 11.9. The summed E-state index contributed by atoms with van der Waals surface area (Å²) in [5, 5.41) is 18.9. The molecular weight excluding hydrogens is 298 g/mol. The molecule has 2 aromatic rings. The normalized spacial score (nSPS) is 10.3. The van der Waals surface area contributed by atoms with Gasteiger partial charge in [0.05, 0.1) is 4.47 Å². The topological polar surface area (TPSA) is 78.0 Å². The summed E-state index contributed by atoms with van der Waals surface area (Å²) in [6, 6.07) is 6.40. The van der Waals surface area contributed by atoms with Crippen molar-refractivity contribution in [3.8, 4) is 5.75 Å². The third-order valence-electron chi connectivity index (χ3n) is 2.46. The minimum atomic E-state index is -0.313. The van der Waals surface area contributed by atoms with Crippen LogP contribution in [0.15, 0.2) is 28.7 Å². The minimum Gasteiger partial charge on any atom is -0.507 e. The molecule has 1 amide bonds. The van der Waals surface area contributed by atoms with Crippen LogP contribution in [0.3, 0.4) is 0 Å². The smallest absolute Gasteiger partial charge is 0.256 e. The van der Waals surface area contributed by atoms with Crippen LogP contribution in [0.25, 0.3) is 0 Å². The summed E-state index contributed by atoms with van der Waals surface area (Å²) in [6.07, 6.45) is 0.821. The molecular formula is C12H12BrN3O2. The molecule has 5 nitrogen and oxygen atoms in total. The fourth-order valence-electron chi connectivity index (χ4n) is 1.45. The monoisotopic (exact) mass is 309 g/mol. The van der Waals surface area contributed by atoms with Crippen LogP contribution < -0.4 is 5.32 Å². The Morgan fingerprint density at radius 1 is 1.50 bits per heavy atom. The number of aromatic amines is 1. The highest BCUT2D eigenvalue weighted by molar-refractivity contribution is 9.10. The zero-order valence-electron chi connectivity index (χ0n) is 9.70. The van der Waals surface area contributed by atoms with E-state index in [1.807, 2.05) is 6.92 Å². The number of aromatic hydroxyl groups is 1. The van der Waals surface area contributed by atoms with E-state index in [4.69, 9.17) is 0 Å². The number of halogens is 1. The van der Waals surface area contributed by atoms with Crippen LogP contribution in [-0.2, 0) is 6.42 Å². The average molecular weight is 310 g/mol. The second-order valence-corrected chi connectivity index (χ2v) is 4.61. The number of nitrogens with one attached hydrogen (secondary N) is 2. The fraction of sp³-hybridized carbons (Fsp3) is 0.167. The molecule has 94 valence electrons. The van der Waals surface area contributed by atoms with Crippen LogP contribution in [0, 0.1) is 0 Å². The Morgan fingerprint density at radius 3 is 2.89 bits per heavy atom. The molecule has 0 unspecified atom stereocenters. The number of amides is 1. The zero-order chi connectivity index (χ0) is 13.1. The van der Waals surface area contributed by atoms with Gasteiger partial charge in [-0.15, -0.1) is 0 Å². The summed E-state index contributed by atoms with van der Waals surface area (Å²) in [5.74, 6) is 0.185. The van der Waals surface area contributed by atoms with Gasteiger partial charge < -0.3 is 10.4 Å². The van der Waals surface area contributed by atoms with Crippen LogP contribution in [0.1, 0.15) is 23.0 Å². The highest BCUT2D eigenvalue weighted by Crippen LogP contribution is 2.24. The second-order valence-electron chi connectivity index (χ2n) is 3.75. The first kappa shape index (κ1) is 12.6. The van der Waals surface area contributed by atoms with E-state index in [9.17, 15) is 9.90 Å². The van der Waals surface area contributed by atoms with Gasteiger partial charge in [-0.2, -0.15) is 5.10 Å². The zero-order valence-corrected chi connectivity index (χ0v) is 11.3. The number of phenolic OH excluding ortho intramolecular Hbond substituents is 1. The summed E-state index contributed by atoms with van der Waals surface area (Å²) >= 11 is 3.16. The van der Waals surface area contributed by atoms with Crippen molar-refractivity contribution >= 4 is 27.7 Å². The Bertz CT molecular complexity index is 580. The van der Waals surface area contributed by atoms with Gasteiger partial charge in [0.1, 0.15) is 5.75 Å². The lowest BCUT2D eigenvalue weighted by molar-refractivity contribution is 0.102. The van der Waals surface area contributed by atoms with Crippen molar-refractivity contribution in [2.75, 3.05) is 5.32 Å². The molecule has 1 heterocycles. The molecule has 0 atom stereocenters. The van der Waals surface area contributed by atoms with Crippen molar-refractivity contribution in [2.24, 2.45) is 0 Å². The lowest BCUT2D eigenvalue weighted by Gasteiger charge is -2.03. The molecule has 0 saturated heterocycles. The molecule has 18 heavy (non-hydrogen) atoms. The summed E-state index contributed by atoms with van der Waals surface area (Å²) in [4.78, 5) is 11.9. The lowest BCUT2D eigenvalue weighted by atomic mass is 10.2. The van der Waals surface area contributed by atoms with Gasteiger partial charge in [-0.05, 0) is 40.5 Å². The number of carbonyl (C=O) groups is 1. The number of hydrogen-bond donors (Lipinski definition) is 3. The first-order valence-corrected chi connectivity index (χ1v) is 6.23. The summed E-state index contributed by atoms with van der Waals surface area (Å²) < 4.78 is 0.548. The number of aromatic nitrogens is 2. The number of carbonyl (C=O) groups excluding carboxylic acids is 1. The van der Waals surface area contributed by atoms with Crippen LogP contribution in [0.5, 0.6) is 5.75 Å². The molecule has 2 rings (SSSR count). The SMILES string of the molecule is CCc1cc(NC(=O)c2ccc(Br)c(O)c2)n[nH]1. The number of anilines is 1. The van der Waals surface area contributed by atoms with Gasteiger partial charge >= 0.3 is 0 Å². The third-order valence-corrected chi connectivity index (χ3v) is 3.13. The number of H-pyrrole nitrogens is 1. The number of benzene rings is 1. The third kappa shape index (κ3) is 2.70. The highest BCUT2D eigenvalue weighted by Gasteiger charge is 2.10. The molecule has 1 aromatic carbocycles. The van der Waals surface area contributed by atoms with Gasteiger partial charge in [-0.3, -0.25) is 9.89 Å². The van der Waals surface area contributed by atoms with Crippen LogP contribution in [-0.4, -0.2) is 21.2 Å². The largest absolute Gasteiger partial charge is 0.507 e. The van der Waals surface area contributed by atoms with E-state index in [-0.39, 0.29) is 11.7 Å². The Labute approximate surface area is 112 Å². The minimum absolute atomic E-state index is 0.0268. The molecule has 6 heteroatoms. The van der Waals surface area contributed by atoms with Crippen molar-refractivity contribution in [1.82, 2.24) is 10.2 Å². The number of hydrogen-bond acceptors (Lipinski definition) is 3. The maximum Gasteiger partial charge on any atom is 0.256 e. The first-order valence-electron chi connectivity index (χ1n) is 5.44. The maximum absolute atomic E-state index is 11.9. The van der Waals surface area contributed by atoms with Crippen LogP contribution >= 0.6 is 15.9 Å². The van der Waals surface area contributed by atoms with E-state index in [0.717, 1.165) is 12.1 Å². The van der Waals surface area contributed by atoms with E-state index >= 15 is 0 Å². The van der Waals surface area contributed by atoms with E-state index in [0.29, 0.717) is 15.9 Å². The molecule has 0 saturated carbocycles. The Morgan fingerprint density at radius 2 is 2.28 bits per heavy atom. The summed E-state index contributed by atoms with van der Waals surface area (Å²) in [5.41, 5.74) is 1.32. The van der Waals surface area contributed by atoms with Crippen molar-refractivity contribution in [1.29, 1.82) is 0 Å². The molecule has 3 N–H and O–H groups in total. The van der Waals surface area contributed by atoms with E-state index in [1.165, 1.54) is 6.07 Å². The number of phenols is 1.